The fourth-order valence-corrected chi connectivity index (χ4v) is 4.40. The molecule has 0 bridgehead atoms. The molecule has 0 unspecified atom stereocenters. The van der Waals surface area contributed by atoms with E-state index in [1.807, 2.05) is 60.0 Å². The quantitative estimate of drug-likeness (QED) is 0.382. The van der Waals surface area contributed by atoms with Crippen molar-refractivity contribution in [2.45, 2.75) is 39.3 Å². The summed E-state index contributed by atoms with van der Waals surface area (Å²) >= 11 is 0. The lowest BCUT2D eigenvalue weighted by Crippen LogP contribution is -2.46. The van der Waals surface area contributed by atoms with E-state index in [9.17, 15) is 9.59 Å². The standard InChI is InChI=1S/C28H30N4O3/c1-4-22-19(2)32(25-13-9-8-12-23(22)25)18-26(33)31-24(16-20-10-6-5-7-11-20)28(34)30-21-14-15-27(35-3)29-17-21/h5-15,17,24H,4,16,18H2,1-3H3,(H,30,34)(H,31,33)/t24-/m0/s1. The number of fused-ring (bicyclic) bond motifs is 1. The zero-order valence-electron chi connectivity index (χ0n) is 20.2. The molecule has 0 saturated heterocycles. The van der Waals surface area contributed by atoms with Crippen LogP contribution < -0.4 is 15.4 Å². The lowest BCUT2D eigenvalue weighted by Gasteiger charge is -2.19. The number of methoxy groups -OCH3 is 1. The van der Waals surface area contributed by atoms with Crippen molar-refractivity contribution < 1.29 is 14.3 Å². The third kappa shape index (κ3) is 5.51. The molecular formula is C28H30N4O3. The van der Waals surface area contributed by atoms with E-state index in [1.54, 1.807) is 12.1 Å². The summed E-state index contributed by atoms with van der Waals surface area (Å²) in [6, 6.07) is 20.4. The van der Waals surface area contributed by atoms with Crippen LogP contribution in [0.5, 0.6) is 5.88 Å². The molecule has 0 spiro atoms. The fraction of sp³-hybridized carbons (Fsp3) is 0.250. The summed E-state index contributed by atoms with van der Waals surface area (Å²) in [6.07, 6.45) is 2.78. The Morgan fingerprint density at radius 2 is 1.77 bits per heavy atom. The van der Waals surface area contributed by atoms with Gasteiger partial charge in [-0.15, -0.1) is 0 Å². The highest BCUT2D eigenvalue weighted by molar-refractivity contribution is 5.97. The Balaban J connectivity index is 1.54. The second-order valence-corrected chi connectivity index (χ2v) is 8.41. The van der Waals surface area contributed by atoms with Crippen LogP contribution in [-0.4, -0.2) is 34.5 Å². The minimum atomic E-state index is -0.750. The van der Waals surface area contributed by atoms with Gasteiger partial charge in [-0.1, -0.05) is 55.5 Å². The van der Waals surface area contributed by atoms with Crippen LogP contribution in [-0.2, 0) is 29.0 Å². The molecule has 4 aromatic rings. The molecule has 0 fully saturated rings. The van der Waals surface area contributed by atoms with Crippen molar-refractivity contribution in [2.24, 2.45) is 0 Å². The van der Waals surface area contributed by atoms with Crippen molar-refractivity contribution in [1.82, 2.24) is 14.9 Å². The topological polar surface area (TPSA) is 85.2 Å². The molecule has 2 N–H and O–H groups in total. The van der Waals surface area contributed by atoms with Crippen LogP contribution in [0.1, 0.15) is 23.7 Å². The number of aromatic nitrogens is 2. The summed E-state index contributed by atoms with van der Waals surface area (Å²) in [7, 11) is 1.53. The van der Waals surface area contributed by atoms with Gasteiger partial charge in [0.25, 0.3) is 0 Å². The van der Waals surface area contributed by atoms with E-state index in [2.05, 4.69) is 28.6 Å². The molecule has 1 atom stereocenters. The van der Waals surface area contributed by atoms with Crippen LogP contribution in [0.25, 0.3) is 10.9 Å². The van der Waals surface area contributed by atoms with Crippen LogP contribution in [0.2, 0.25) is 0 Å². The minimum absolute atomic E-state index is 0.134. The van der Waals surface area contributed by atoms with Gasteiger partial charge < -0.3 is 19.9 Å². The maximum atomic E-state index is 13.2. The molecular weight excluding hydrogens is 440 g/mol. The number of hydrogen-bond acceptors (Lipinski definition) is 4. The van der Waals surface area contributed by atoms with Crippen LogP contribution in [0.15, 0.2) is 72.9 Å². The highest BCUT2D eigenvalue weighted by Gasteiger charge is 2.23. The molecule has 2 aromatic carbocycles. The molecule has 7 nitrogen and oxygen atoms in total. The second kappa shape index (κ2) is 10.9. The van der Waals surface area contributed by atoms with Crippen LogP contribution >= 0.6 is 0 Å². The number of pyridine rings is 1. The Bertz CT molecular complexity index is 1310. The monoisotopic (exact) mass is 470 g/mol. The summed E-state index contributed by atoms with van der Waals surface area (Å²) < 4.78 is 7.10. The number of carbonyl (C=O) groups is 2. The van der Waals surface area contributed by atoms with Gasteiger partial charge in [0.2, 0.25) is 17.7 Å². The molecule has 180 valence electrons. The number of amides is 2. The van der Waals surface area contributed by atoms with E-state index in [1.165, 1.54) is 18.9 Å². The molecule has 2 aromatic heterocycles. The number of carbonyl (C=O) groups excluding carboxylic acids is 2. The Kier molecular flexibility index (Phi) is 7.45. The zero-order valence-corrected chi connectivity index (χ0v) is 20.2. The van der Waals surface area contributed by atoms with Gasteiger partial charge in [0.15, 0.2) is 0 Å². The summed E-state index contributed by atoms with van der Waals surface area (Å²) in [5.41, 5.74) is 4.81. The molecule has 2 amide bonds. The number of benzene rings is 2. The Hall–Kier alpha value is -4.13. The van der Waals surface area contributed by atoms with Gasteiger partial charge >= 0.3 is 0 Å². The number of anilines is 1. The number of para-hydroxylation sites is 1. The number of aryl methyl sites for hydroxylation is 1. The SMILES string of the molecule is CCc1c(C)n(CC(=O)N[C@@H](Cc2ccccc2)C(=O)Nc2ccc(OC)nc2)c2ccccc12. The smallest absolute Gasteiger partial charge is 0.247 e. The van der Waals surface area contributed by atoms with Crippen molar-refractivity contribution in [2.75, 3.05) is 12.4 Å². The van der Waals surface area contributed by atoms with Crippen molar-refractivity contribution in [1.29, 1.82) is 0 Å². The first-order chi connectivity index (χ1) is 17.0. The van der Waals surface area contributed by atoms with E-state index in [0.717, 1.165) is 28.6 Å². The van der Waals surface area contributed by atoms with Gasteiger partial charge in [0, 0.05) is 29.1 Å². The van der Waals surface area contributed by atoms with Crippen LogP contribution in [0.4, 0.5) is 5.69 Å². The van der Waals surface area contributed by atoms with Gasteiger partial charge in [-0.3, -0.25) is 9.59 Å². The molecule has 0 aliphatic rings. The highest BCUT2D eigenvalue weighted by Crippen LogP contribution is 2.26. The van der Waals surface area contributed by atoms with Gasteiger partial charge in [0.05, 0.1) is 19.0 Å². The van der Waals surface area contributed by atoms with E-state index in [-0.39, 0.29) is 18.4 Å². The lowest BCUT2D eigenvalue weighted by molar-refractivity contribution is -0.126. The van der Waals surface area contributed by atoms with Gasteiger partial charge in [-0.25, -0.2) is 4.98 Å². The summed E-state index contributed by atoms with van der Waals surface area (Å²) in [4.78, 5) is 30.5. The molecule has 0 aliphatic carbocycles. The summed E-state index contributed by atoms with van der Waals surface area (Å²) in [5.74, 6) is -0.0733. The number of nitrogens with one attached hydrogen (secondary N) is 2. The van der Waals surface area contributed by atoms with Gasteiger partial charge in [-0.05, 0) is 36.6 Å². The molecule has 7 heteroatoms. The Morgan fingerprint density at radius 1 is 1.03 bits per heavy atom. The largest absolute Gasteiger partial charge is 0.481 e. The molecule has 0 radical (unpaired) electrons. The predicted octanol–water partition coefficient (Wildman–Crippen LogP) is 4.28. The first kappa shape index (κ1) is 24.0. The zero-order chi connectivity index (χ0) is 24.8. The molecule has 35 heavy (non-hydrogen) atoms. The maximum absolute atomic E-state index is 13.2. The highest BCUT2D eigenvalue weighted by atomic mass is 16.5. The average molecular weight is 471 g/mol. The molecule has 4 rings (SSSR count). The summed E-state index contributed by atoms with van der Waals surface area (Å²) in [5, 5.41) is 6.98. The normalized spacial score (nSPS) is 11.7. The van der Waals surface area contributed by atoms with E-state index >= 15 is 0 Å². The first-order valence-electron chi connectivity index (χ1n) is 11.7. The van der Waals surface area contributed by atoms with E-state index in [0.29, 0.717) is 18.0 Å². The number of hydrogen-bond donors (Lipinski definition) is 2. The first-order valence-corrected chi connectivity index (χ1v) is 11.7. The molecule has 0 aliphatic heterocycles. The van der Waals surface area contributed by atoms with E-state index < -0.39 is 6.04 Å². The molecule has 2 heterocycles. The number of ether oxygens (including phenoxy) is 1. The predicted molar refractivity (Wildman–Crippen MR) is 138 cm³/mol. The van der Waals surface area contributed by atoms with Crippen molar-refractivity contribution in [3.63, 3.8) is 0 Å². The number of rotatable bonds is 9. The van der Waals surface area contributed by atoms with Crippen molar-refractivity contribution >= 4 is 28.4 Å². The lowest BCUT2D eigenvalue weighted by atomic mass is 10.1. The Morgan fingerprint density at radius 3 is 2.46 bits per heavy atom. The van der Waals surface area contributed by atoms with Crippen LogP contribution in [0, 0.1) is 6.92 Å². The fourth-order valence-electron chi connectivity index (χ4n) is 4.40. The van der Waals surface area contributed by atoms with Crippen molar-refractivity contribution in [3.8, 4) is 5.88 Å². The van der Waals surface area contributed by atoms with Gasteiger partial charge in [-0.2, -0.15) is 0 Å². The minimum Gasteiger partial charge on any atom is -0.481 e. The average Bonchev–Trinajstić information content (AvgIpc) is 3.15. The third-order valence-corrected chi connectivity index (χ3v) is 6.16. The number of nitrogens with zero attached hydrogens (tertiary/aromatic N) is 2. The maximum Gasteiger partial charge on any atom is 0.247 e. The Labute approximate surface area is 205 Å². The van der Waals surface area contributed by atoms with E-state index in [4.69, 9.17) is 4.74 Å². The van der Waals surface area contributed by atoms with Gasteiger partial charge in [0.1, 0.15) is 12.6 Å². The third-order valence-electron chi connectivity index (χ3n) is 6.16. The molecule has 0 saturated carbocycles. The second-order valence-electron chi connectivity index (χ2n) is 8.41. The van der Waals surface area contributed by atoms with Crippen LogP contribution in [0.3, 0.4) is 0 Å². The van der Waals surface area contributed by atoms with Crippen molar-refractivity contribution in [3.05, 3.63) is 89.7 Å². The summed E-state index contributed by atoms with van der Waals surface area (Å²) in [6.45, 7) is 4.29.